The fourth-order valence-electron chi connectivity index (χ4n) is 1.26. The van der Waals surface area contributed by atoms with E-state index >= 15 is 0 Å². The first kappa shape index (κ1) is 13.9. The molecule has 0 fully saturated rings. The van der Waals surface area contributed by atoms with Gasteiger partial charge in [0, 0.05) is 24.6 Å². The van der Waals surface area contributed by atoms with E-state index in [9.17, 15) is 4.79 Å². The van der Waals surface area contributed by atoms with Crippen molar-refractivity contribution in [1.29, 1.82) is 0 Å². The van der Waals surface area contributed by atoms with Gasteiger partial charge in [-0.3, -0.25) is 9.69 Å². The van der Waals surface area contributed by atoms with Crippen LogP contribution in [-0.4, -0.2) is 40.5 Å². The minimum absolute atomic E-state index is 0.0166. The van der Waals surface area contributed by atoms with Gasteiger partial charge in [0.2, 0.25) is 5.91 Å². The second-order valence-electron chi connectivity index (χ2n) is 4.45. The average molecular weight is 257 g/mol. The van der Waals surface area contributed by atoms with Gasteiger partial charge in [-0.25, -0.2) is 0 Å². The van der Waals surface area contributed by atoms with Crippen LogP contribution in [0.4, 0.5) is 5.00 Å². The van der Waals surface area contributed by atoms with E-state index in [4.69, 9.17) is 5.73 Å². The van der Waals surface area contributed by atoms with Crippen LogP contribution in [0.25, 0.3) is 0 Å². The number of hydrogen-bond acceptors (Lipinski definition) is 6. The molecule has 3 N–H and O–H groups in total. The third kappa shape index (κ3) is 5.10. The van der Waals surface area contributed by atoms with Gasteiger partial charge in [0.25, 0.3) is 0 Å². The molecule has 1 aromatic heterocycles. The molecule has 0 aromatic carbocycles. The molecule has 0 atom stereocenters. The predicted molar refractivity (Wildman–Crippen MR) is 68.5 cm³/mol. The number of likely N-dealkylation sites (N-methyl/N-ethyl adjacent to an activating group) is 1. The number of anilines is 1. The number of nitrogens with two attached hydrogens (primary N) is 1. The molecule has 0 aliphatic rings. The zero-order chi connectivity index (χ0) is 12.8. The summed E-state index contributed by atoms with van der Waals surface area (Å²) in [5.41, 5.74) is 6.42. The Bertz CT molecular complexity index is 365. The summed E-state index contributed by atoms with van der Waals surface area (Å²) in [6, 6.07) is 0. The molecule has 0 saturated heterocycles. The van der Waals surface area contributed by atoms with Crippen molar-refractivity contribution in [3.05, 3.63) is 5.69 Å². The molecule has 1 amide bonds. The first-order chi connectivity index (χ1) is 7.99. The molecule has 0 saturated carbocycles. The largest absolute Gasteiger partial charge is 0.388 e. The predicted octanol–water partition coefficient (Wildman–Crippen LogP) is 0.324. The van der Waals surface area contributed by atoms with Crippen molar-refractivity contribution < 1.29 is 4.79 Å². The Hall–Kier alpha value is -1.21. The maximum atomic E-state index is 11.6. The van der Waals surface area contributed by atoms with E-state index in [1.54, 1.807) is 0 Å². The maximum Gasteiger partial charge on any atom is 0.234 e. The summed E-state index contributed by atoms with van der Waals surface area (Å²) >= 11 is 1.17. The van der Waals surface area contributed by atoms with E-state index < -0.39 is 0 Å². The number of nitrogen functional groups attached to an aromatic ring is 1. The summed E-state index contributed by atoms with van der Waals surface area (Å²) in [5, 5.41) is 7.38. The third-order valence-corrected chi connectivity index (χ3v) is 2.72. The van der Waals surface area contributed by atoms with Crippen LogP contribution < -0.4 is 11.1 Å². The van der Waals surface area contributed by atoms with Crippen molar-refractivity contribution in [1.82, 2.24) is 19.8 Å². The highest BCUT2D eigenvalue weighted by Gasteiger charge is 2.11. The second kappa shape index (κ2) is 6.51. The quantitative estimate of drug-likeness (QED) is 0.767. The Balaban J connectivity index is 2.32. The number of amides is 1. The highest BCUT2D eigenvalue weighted by Crippen LogP contribution is 2.13. The molecule has 1 heterocycles. The molecular formula is C10H19N5OS. The molecule has 0 unspecified atom stereocenters. The first-order valence-corrected chi connectivity index (χ1v) is 6.28. The monoisotopic (exact) mass is 257 g/mol. The summed E-state index contributed by atoms with van der Waals surface area (Å²) in [6.45, 7) is 5.70. The van der Waals surface area contributed by atoms with Gasteiger partial charge in [-0.05, 0) is 13.0 Å². The van der Waals surface area contributed by atoms with Gasteiger partial charge >= 0.3 is 0 Å². The number of nitrogens with zero attached hydrogens (tertiary/aromatic N) is 3. The summed E-state index contributed by atoms with van der Waals surface area (Å²) in [6.07, 6.45) is 0. The zero-order valence-corrected chi connectivity index (χ0v) is 11.3. The number of nitrogens with one attached hydrogen (secondary N) is 1. The summed E-state index contributed by atoms with van der Waals surface area (Å²) in [5.74, 6) is 0.477. The van der Waals surface area contributed by atoms with Gasteiger partial charge < -0.3 is 11.1 Å². The standard InChI is InChI=1S/C10H19N5OS/c1-7(2)4-12-9(16)6-15(3)5-8-10(11)17-14-13-8/h7H,4-6,11H2,1-3H3,(H,12,16). The number of rotatable bonds is 6. The van der Waals surface area contributed by atoms with Gasteiger partial charge in [-0.15, -0.1) is 5.10 Å². The fourth-order valence-corrected chi connectivity index (χ4v) is 1.69. The van der Waals surface area contributed by atoms with E-state index in [0.29, 0.717) is 30.6 Å². The molecule has 6 nitrogen and oxygen atoms in total. The summed E-state index contributed by atoms with van der Waals surface area (Å²) < 4.78 is 3.75. The normalized spacial score (nSPS) is 11.1. The van der Waals surface area contributed by atoms with Crippen LogP contribution in [0.3, 0.4) is 0 Å². The highest BCUT2D eigenvalue weighted by atomic mass is 32.1. The van der Waals surface area contributed by atoms with Crippen LogP contribution in [0.5, 0.6) is 0 Å². The molecule has 0 radical (unpaired) electrons. The van der Waals surface area contributed by atoms with Crippen molar-refractivity contribution in [3.8, 4) is 0 Å². The Morgan fingerprint density at radius 1 is 1.59 bits per heavy atom. The number of carbonyl (C=O) groups excluding carboxylic acids is 1. The molecular weight excluding hydrogens is 238 g/mol. The zero-order valence-electron chi connectivity index (χ0n) is 10.4. The lowest BCUT2D eigenvalue weighted by atomic mass is 10.2. The van der Waals surface area contributed by atoms with Crippen molar-refractivity contribution in [3.63, 3.8) is 0 Å². The van der Waals surface area contributed by atoms with Crippen molar-refractivity contribution >= 4 is 22.4 Å². The Labute approximate surface area is 105 Å². The first-order valence-electron chi connectivity index (χ1n) is 5.51. The Morgan fingerprint density at radius 2 is 2.29 bits per heavy atom. The minimum atomic E-state index is 0.0166. The second-order valence-corrected chi connectivity index (χ2v) is 5.24. The van der Waals surface area contributed by atoms with E-state index in [1.807, 2.05) is 11.9 Å². The Morgan fingerprint density at radius 3 is 2.82 bits per heavy atom. The van der Waals surface area contributed by atoms with E-state index in [1.165, 1.54) is 11.5 Å². The van der Waals surface area contributed by atoms with Crippen LogP contribution in [0.15, 0.2) is 0 Å². The lowest BCUT2D eigenvalue weighted by Gasteiger charge is -2.15. The van der Waals surface area contributed by atoms with Gasteiger partial charge in [-0.1, -0.05) is 18.3 Å². The lowest BCUT2D eigenvalue weighted by molar-refractivity contribution is -0.122. The molecule has 0 spiro atoms. The topological polar surface area (TPSA) is 84.1 Å². The molecule has 96 valence electrons. The maximum absolute atomic E-state index is 11.6. The van der Waals surface area contributed by atoms with E-state index in [-0.39, 0.29) is 5.91 Å². The lowest BCUT2D eigenvalue weighted by Crippen LogP contribution is -2.36. The summed E-state index contributed by atoms with van der Waals surface area (Å²) in [7, 11) is 1.85. The van der Waals surface area contributed by atoms with Gasteiger partial charge in [-0.2, -0.15) is 0 Å². The molecule has 0 bridgehead atoms. The van der Waals surface area contributed by atoms with Gasteiger partial charge in [0.15, 0.2) is 0 Å². The van der Waals surface area contributed by atoms with Gasteiger partial charge in [0.05, 0.1) is 6.54 Å². The molecule has 1 aromatic rings. The highest BCUT2D eigenvalue weighted by molar-refractivity contribution is 7.09. The minimum Gasteiger partial charge on any atom is -0.388 e. The van der Waals surface area contributed by atoms with E-state index in [2.05, 4.69) is 28.8 Å². The van der Waals surface area contributed by atoms with Crippen molar-refractivity contribution in [2.45, 2.75) is 20.4 Å². The molecule has 7 heteroatoms. The summed E-state index contributed by atoms with van der Waals surface area (Å²) in [4.78, 5) is 13.4. The fraction of sp³-hybridized carbons (Fsp3) is 0.700. The molecule has 1 rings (SSSR count). The van der Waals surface area contributed by atoms with Crippen molar-refractivity contribution in [2.24, 2.45) is 5.92 Å². The van der Waals surface area contributed by atoms with Crippen LogP contribution >= 0.6 is 11.5 Å². The third-order valence-electron chi connectivity index (χ3n) is 2.13. The SMILES string of the molecule is CC(C)CNC(=O)CN(C)Cc1nnsc1N. The number of aromatic nitrogens is 2. The van der Waals surface area contributed by atoms with Crippen LogP contribution in [0, 0.1) is 5.92 Å². The molecule has 17 heavy (non-hydrogen) atoms. The molecule has 0 aliphatic carbocycles. The van der Waals surface area contributed by atoms with Crippen LogP contribution in [0.1, 0.15) is 19.5 Å². The average Bonchev–Trinajstić information content (AvgIpc) is 2.61. The number of hydrogen-bond donors (Lipinski definition) is 2. The number of carbonyl (C=O) groups is 1. The van der Waals surface area contributed by atoms with E-state index in [0.717, 1.165) is 5.69 Å². The van der Waals surface area contributed by atoms with Crippen LogP contribution in [0.2, 0.25) is 0 Å². The Kier molecular flexibility index (Phi) is 5.30. The smallest absolute Gasteiger partial charge is 0.234 e. The van der Waals surface area contributed by atoms with Crippen molar-refractivity contribution in [2.75, 3.05) is 25.9 Å². The van der Waals surface area contributed by atoms with Crippen LogP contribution in [-0.2, 0) is 11.3 Å². The van der Waals surface area contributed by atoms with Gasteiger partial charge in [0.1, 0.15) is 10.7 Å². The molecule has 0 aliphatic heterocycles.